The van der Waals surface area contributed by atoms with Crippen molar-refractivity contribution in [1.82, 2.24) is 34.4 Å². The van der Waals surface area contributed by atoms with E-state index in [0.717, 1.165) is 16.7 Å². The predicted molar refractivity (Wildman–Crippen MR) is 156 cm³/mol. The van der Waals surface area contributed by atoms with E-state index in [2.05, 4.69) is 40.7 Å². The number of hydrogen-bond acceptors (Lipinski definition) is 8. The van der Waals surface area contributed by atoms with Crippen LogP contribution in [0.4, 0.5) is 4.79 Å². The third kappa shape index (κ3) is 5.07. The molecule has 2 amide bonds. The van der Waals surface area contributed by atoms with Gasteiger partial charge in [0.25, 0.3) is 5.91 Å². The highest BCUT2D eigenvalue weighted by Gasteiger charge is 2.52. The van der Waals surface area contributed by atoms with E-state index in [1.165, 1.54) is 11.2 Å². The minimum atomic E-state index is -0.928. The molecule has 10 nitrogen and oxygen atoms in total. The summed E-state index contributed by atoms with van der Waals surface area (Å²) in [5.74, 6) is 1.02. The molecule has 0 bridgehead atoms. The van der Waals surface area contributed by atoms with Crippen LogP contribution in [0.5, 0.6) is 0 Å². The van der Waals surface area contributed by atoms with Crippen molar-refractivity contribution in [3.05, 3.63) is 53.9 Å². The molecule has 4 aromatic rings. The van der Waals surface area contributed by atoms with E-state index >= 15 is 0 Å². The van der Waals surface area contributed by atoms with Gasteiger partial charge in [0.05, 0.1) is 11.1 Å². The van der Waals surface area contributed by atoms with Crippen molar-refractivity contribution >= 4 is 23.2 Å². The summed E-state index contributed by atoms with van der Waals surface area (Å²) in [5.41, 5.74) is 2.90. The number of hydrogen-bond donors (Lipinski definition) is 0. The number of ether oxygens (including phenoxy) is 1. The van der Waals surface area contributed by atoms with Crippen LogP contribution in [-0.4, -0.2) is 52.0 Å². The molecule has 3 aromatic heterocycles. The van der Waals surface area contributed by atoms with Crippen LogP contribution in [0.15, 0.2) is 36.9 Å². The number of fused-ring (bicyclic) bond motifs is 2. The molecular formula is C31H37N7O3. The van der Waals surface area contributed by atoms with Crippen molar-refractivity contribution in [2.75, 3.05) is 0 Å². The van der Waals surface area contributed by atoms with Gasteiger partial charge in [-0.05, 0) is 71.1 Å². The average Bonchev–Trinajstić information content (AvgIpc) is 3.34. The maximum atomic E-state index is 13.7. The van der Waals surface area contributed by atoms with Crippen LogP contribution in [0.25, 0.3) is 33.8 Å². The first-order valence-electron chi connectivity index (χ1n) is 13.9. The number of aryl methyl sites for hydroxylation is 2. The summed E-state index contributed by atoms with van der Waals surface area (Å²) in [6, 6.07) is 5.59. The largest absolute Gasteiger partial charge is 0.443 e. The van der Waals surface area contributed by atoms with Crippen LogP contribution in [0.1, 0.15) is 83.6 Å². The third-order valence-electron chi connectivity index (χ3n) is 7.14. The summed E-state index contributed by atoms with van der Waals surface area (Å²) in [7, 11) is 0. The smallest absolute Gasteiger partial charge is 0.418 e. The molecule has 0 N–H and O–H groups in total. The molecule has 1 atom stereocenters. The lowest BCUT2D eigenvalue weighted by atomic mass is 9.76. The predicted octanol–water partition coefficient (Wildman–Crippen LogP) is 6.32. The van der Waals surface area contributed by atoms with E-state index in [0.29, 0.717) is 47.0 Å². The Labute approximate surface area is 240 Å². The zero-order valence-electron chi connectivity index (χ0n) is 25.2. The Kier molecular flexibility index (Phi) is 6.71. The van der Waals surface area contributed by atoms with E-state index in [4.69, 9.17) is 9.72 Å². The standard InChI is InChI=1S/C31H37N7O3/c1-10-37-25(20-14-32-18(2)33-15-20)36-24-23(34-17-35-26(24)37)19-11-12-21-22(13-19)31(9,16-29(3,4)5)38(27(21)39)28(40)41-30(6,7)8/h11-15,17H,10,16H2,1-9H3. The van der Waals surface area contributed by atoms with Gasteiger partial charge in [-0.3, -0.25) is 4.79 Å². The molecular weight excluding hydrogens is 518 g/mol. The highest BCUT2D eigenvalue weighted by atomic mass is 16.6. The first-order chi connectivity index (χ1) is 19.1. The highest BCUT2D eigenvalue weighted by Crippen LogP contribution is 2.48. The number of aromatic nitrogens is 6. The number of carbonyl (C=O) groups excluding carboxylic acids is 2. The Morgan fingerprint density at radius 1 is 1.00 bits per heavy atom. The monoisotopic (exact) mass is 555 g/mol. The molecule has 1 unspecified atom stereocenters. The summed E-state index contributed by atoms with van der Waals surface area (Å²) in [4.78, 5) is 51.3. The first-order valence-corrected chi connectivity index (χ1v) is 13.9. The minimum Gasteiger partial charge on any atom is -0.443 e. The van der Waals surface area contributed by atoms with E-state index in [-0.39, 0.29) is 11.3 Å². The quantitative estimate of drug-likeness (QED) is 0.287. The van der Waals surface area contributed by atoms with Gasteiger partial charge in [0.15, 0.2) is 5.65 Å². The molecule has 0 saturated heterocycles. The van der Waals surface area contributed by atoms with Crippen LogP contribution in [0.3, 0.4) is 0 Å². The lowest BCUT2D eigenvalue weighted by molar-refractivity contribution is 0.000225. The Bertz CT molecular complexity index is 1660. The van der Waals surface area contributed by atoms with Crippen LogP contribution in [0, 0.1) is 12.3 Å². The lowest BCUT2D eigenvalue weighted by Gasteiger charge is -2.39. The number of imidazole rings is 1. The van der Waals surface area contributed by atoms with E-state index in [1.54, 1.807) is 39.2 Å². The molecule has 0 aliphatic carbocycles. The molecule has 41 heavy (non-hydrogen) atoms. The maximum Gasteiger partial charge on any atom is 0.418 e. The zero-order chi connectivity index (χ0) is 29.9. The normalized spacial score (nSPS) is 17.3. The molecule has 0 saturated carbocycles. The molecule has 0 fully saturated rings. The topological polar surface area (TPSA) is 116 Å². The molecule has 1 aliphatic heterocycles. The number of imide groups is 1. The summed E-state index contributed by atoms with van der Waals surface area (Å²) >= 11 is 0. The zero-order valence-corrected chi connectivity index (χ0v) is 25.2. The van der Waals surface area contributed by atoms with E-state index in [1.807, 2.05) is 37.5 Å². The van der Waals surface area contributed by atoms with Gasteiger partial charge in [-0.25, -0.2) is 34.6 Å². The Morgan fingerprint density at radius 3 is 2.29 bits per heavy atom. The second-order valence-corrected chi connectivity index (χ2v) is 13.0. The van der Waals surface area contributed by atoms with Crippen molar-refractivity contribution in [2.45, 2.75) is 86.4 Å². The number of nitrogens with zero attached hydrogens (tertiary/aromatic N) is 7. The van der Waals surface area contributed by atoms with Gasteiger partial charge in [0.1, 0.15) is 34.8 Å². The fourth-order valence-electron chi connectivity index (χ4n) is 5.76. The fourth-order valence-corrected chi connectivity index (χ4v) is 5.76. The molecule has 1 aromatic carbocycles. The van der Waals surface area contributed by atoms with Crippen LogP contribution >= 0.6 is 0 Å². The molecule has 214 valence electrons. The van der Waals surface area contributed by atoms with Gasteiger partial charge in [0, 0.05) is 30.1 Å². The molecule has 10 heteroatoms. The van der Waals surface area contributed by atoms with Crippen LogP contribution in [0.2, 0.25) is 0 Å². The summed E-state index contributed by atoms with van der Waals surface area (Å²) in [6.07, 6.45) is 4.94. The second-order valence-electron chi connectivity index (χ2n) is 13.0. The lowest BCUT2D eigenvalue weighted by Crippen LogP contribution is -2.49. The van der Waals surface area contributed by atoms with Crippen molar-refractivity contribution < 1.29 is 14.3 Å². The number of benzene rings is 1. The van der Waals surface area contributed by atoms with Gasteiger partial charge in [0.2, 0.25) is 0 Å². The van der Waals surface area contributed by atoms with Crippen molar-refractivity contribution in [2.24, 2.45) is 5.41 Å². The summed E-state index contributed by atoms with van der Waals surface area (Å²) in [5, 5.41) is 0. The minimum absolute atomic E-state index is 0.194. The molecule has 5 rings (SSSR count). The molecule has 0 radical (unpaired) electrons. The summed E-state index contributed by atoms with van der Waals surface area (Å²) in [6.45, 7) is 18.1. The van der Waals surface area contributed by atoms with Gasteiger partial charge in [-0.2, -0.15) is 0 Å². The van der Waals surface area contributed by atoms with Gasteiger partial charge < -0.3 is 9.30 Å². The molecule has 1 aliphatic rings. The van der Waals surface area contributed by atoms with E-state index in [9.17, 15) is 9.59 Å². The Balaban J connectivity index is 1.67. The van der Waals surface area contributed by atoms with Crippen LogP contribution in [-0.2, 0) is 16.8 Å². The summed E-state index contributed by atoms with van der Waals surface area (Å²) < 4.78 is 7.72. The fraction of sp³-hybridized carbons (Fsp3) is 0.452. The van der Waals surface area contributed by atoms with Gasteiger partial charge in [-0.15, -0.1) is 0 Å². The third-order valence-corrected chi connectivity index (χ3v) is 7.14. The molecule has 0 spiro atoms. The number of amides is 2. The van der Waals surface area contributed by atoms with Gasteiger partial charge in [-0.1, -0.05) is 26.8 Å². The van der Waals surface area contributed by atoms with E-state index < -0.39 is 17.2 Å². The SMILES string of the molecule is CCn1c(-c2cnc(C)nc2)nc2c(-c3ccc4c(c3)C(C)(CC(C)(C)C)N(C(=O)OC(C)(C)C)C4=O)ncnc21. The first kappa shape index (κ1) is 28.3. The average molecular weight is 556 g/mol. The Morgan fingerprint density at radius 2 is 1.68 bits per heavy atom. The van der Waals surface area contributed by atoms with Crippen molar-refractivity contribution in [1.29, 1.82) is 0 Å². The molecule has 4 heterocycles. The van der Waals surface area contributed by atoms with Gasteiger partial charge >= 0.3 is 6.09 Å². The number of rotatable bonds is 4. The maximum absolute atomic E-state index is 13.7. The number of carbonyl (C=O) groups is 2. The van der Waals surface area contributed by atoms with Crippen LogP contribution < -0.4 is 0 Å². The van der Waals surface area contributed by atoms with Crippen molar-refractivity contribution in [3.63, 3.8) is 0 Å². The second kappa shape index (κ2) is 9.71. The van der Waals surface area contributed by atoms with Crippen molar-refractivity contribution in [3.8, 4) is 22.6 Å². The Hall–Kier alpha value is -4.21. The highest BCUT2D eigenvalue weighted by molar-refractivity contribution is 6.08.